The number of hydrogen-bond acceptors (Lipinski definition) is 9. The van der Waals surface area contributed by atoms with Gasteiger partial charge in [-0.25, -0.2) is 9.97 Å². The Labute approximate surface area is 213 Å². The minimum atomic E-state index is -0.357. The Balaban J connectivity index is 1.59. The Morgan fingerprint density at radius 3 is 2.49 bits per heavy atom. The average molecular weight is 505 g/mol. The molecule has 4 aromatic rings. The third-order valence-corrected chi connectivity index (χ3v) is 6.22. The number of fused-ring (bicyclic) bond motifs is 2. The molecule has 5 rings (SSSR count). The number of nitrogens with zero attached hydrogens (tertiary/aromatic N) is 4. The molecule has 1 saturated heterocycles. The highest BCUT2D eigenvalue weighted by Gasteiger charge is 2.25. The molecular formula is C26H28N6O5. The number of para-hydroxylation sites is 2. The standard InChI is InChI=1S/C26H28N6O5/c1-34-19-11-15(12-20(35-2)23(19)36-3)13-29-32-24(27)21(26(33)28-14-16-7-6-10-37-16)22-25(32)31-18-9-5-4-8-17(18)30-22/h4-5,8-9,11-13,16H,6-7,10,14,27H2,1-3H3,(H,28,33). The summed E-state index contributed by atoms with van der Waals surface area (Å²) in [5.74, 6) is 1.20. The van der Waals surface area contributed by atoms with Crippen LogP contribution in [0.15, 0.2) is 41.5 Å². The molecule has 1 unspecified atom stereocenters. The third-order valence-electron chi connectivity index (χ3n) is 6.22. The molecule has 1 atom stereocenters. The first kappa shape index (κ1) is 24.3. The number of anilines is 1. The Hall–Kier alpha value is -4.38. The number of ether oxygens (including phenoxy) is 4. The third kappa shape index (κ3) is 4.60. The van der Waals surface area contributed by atoms with E-state index in [-0.39, 0.29) is 23.4 Å². The van der Waals surface area contributed by atoms with Crippen molar-refractivity contribution in [3.8, 4) is 17.2 Å². The predicted molar refractivity (Wildman–Crippen MR) is 140 cm³/mol. The van der Waals surface area contributed by atoms with Crippen LogP contribution < -0.4 is 25.3 Å². The fourth-order valence-electron chi connectivity index (χ4n) is 4.39. The van der Waals surface area contributed by atoms with Crippen LogP contribution in [0.5, 0.6) is 17.2 Å². The molecule has 2 aromatic carbocycles. The highest BCUT2D eigenvalue weighted by molar-refractivity contribution is 6.10. The van der Waals surface area contributed by atoms with Crippen molar-refractivity contribution in [3.05, 3.63) is 47.5 Å². The monoisotopic (exact) mass is 504 g/mol. The number of hydrogen-bond donors (Lipinski definition) is 2. The molecule has 11 nitrogen and oxygen atoms in total. The normalized spacial score (nSPS) is 15.5. The number of nitrogens with two attached hydrogens (primary N) is 1. The predicted octanol–water partition coefficient (Wildman–Crippen LogP) is 2.98. The van der Waals surface area contributed by atoms with Gasteiger partial charge in [-0.05, 0) is 37.1 Å². The summed E-state index contributed by atoms with van der Waals surface area (Å²) in [7, 11) is 4.62. The minimum Gasteiger partial charge on any atom is -0.493 e. The number of amides is 1. The summed E-state index contributed by atoms with van der Waals surface area (Å²) in [6.07, 6.45) is 3.45. The van der Waals surface area contributed by atoms with Gasteiger partial charge in [-0.15, -0.1) is 0 Å². The van der Waals surface area contributed by atoms with Crippen LogP contribution in [0.4, 0.5) is 5.82 Å². The summed E-state index contributed by atoms with van der Waals surface area (Å²) in [6.45, 7) is 1.09. The molecule has 37 heavy (non-hydrogen) atoms. The molecule has 0 aliphatic carbocycles. The van der Waals surface area contributed by atoms with Gasteiger partial charge in [0, 0.05) is 18.7 Å². The molecule has 192 valence electrons. The van der Waals surface area contributed by atoms with E-state index < -0.39 is 0 Å². The number of benzene rings is 2. The topological polar surface area (TPSA) is 135 Å². The van der Waals surface area contributed by atoms with Crippen molar-refractivity contribution in [2.45, 2.75) is 18.9 Å². The SMILES string of the molecule is COc1cc(C=Nn2c(N)c(C(=O)NCC3CCCO3)c3nc4ccccc4nc32)cc(OC)c1OC. The number of aromatic nitrogens is 3. The number of nitrogens with one attached hydrogen (secondary N) is 1. The Morgan fingerprint density at radius 2 is 1.86 bits per heavy atom. The molecule has 1 aliphatic rings. The summed E-state index contributed by atoms with van der Waals surface area (Å²) in [5.41, 5.74) is 9.40. The molecule has 11 heteroatoms. The van der Waals surface area contributed by atoms with E-state index in [1.807, 2.05) is 24.3 Å². The molecule has 1 fully saturated rings. The molecule has 3 N–H and O–H groups in total. The van der Waals surface area contributed by atoms with Gasteiger partial charge in [-0.1, -0.05) is 12.1 Å². The van der Waals surface area contributed by atoms with Crippen molar-refractivity contribution < 1.29 is 23.7 Å². The molecule has 2 aromatic heterocycles. The van der Waals surface area contributed by atoms with Gasteiger partial charge < -0.3 is 30.0 Å². The number of carbonyl (C=O) groups excluding carboxylic acids is 1. The Kier molecular flexibility index (Phi) is 6.78. The lowest BCUT2D eigenvalue weighted by Gasteiger charge is -2.12. The zero-order chi connectivity index (χ0) is 25.9. The van der Waals surface area contributed by atoms with E-state index in [0.717, 1.165) is 12.8 Å². The fraction of sp³-hybridized carbons (Fsp3) is 0.308. The molecular weight excluding hydrogens is 476 g/mol. The average Bonchev–Trinajstić information content (AvgIpc) is 3.54. The van der Waals surface area contributed by atoms with E-state index in [0.29, 0.717) is 58.2 Å². The zero-order valence-corrected chi connectivity index (χ0v) is 20.9. The second kappa shape index (κ2) is 10.3. The quantitative estimate of drug-likeness (QED) is 0.350. The van der Waals surface area contributed by atoms with Crippen LogP contribution in [0.2, 0.25) is 0 Å². The Morgan fingerprint density at radius 1 is 1.16 bits per heavy atom. The first-order valence-corrected chi connectivity index (χ1v) is 11.8. The second-order valence-corrected chi connectivity index (χ2v) is 8.50. The lowest BCUT2D eigenvalue weighted by Crippen LogP contribution is -2.32. The van der Waals surface area contributed by atoms with Crippen molar-refractivity contribution in [1.29, 1.82) is 0 Å². The summed E-state index contributed by atoms with van der Waals surface area (Å²) in [5, 5.41) is 7.49. The minimum absolute atomic E-state index is 0.0107. The number of carbonyl (C=O) groups is 1. The molecule has 0 spiro atoms. The van der Waals surface area contributed by atoms with Gasteiger partial charge in [0.05, 0.1) is 44.7 Å². The van der Waals surface area contributed by atoms with E-state index in [1.165, 1.54) is 26.0 Å². The van der Waals surface area contributed by atoms with Crippen molar-refractivity contribution in [3.63, 3.8) is 0 Å². The smallest absolute Gasteiger partial charge is 0.257 e. The molecule has 1 aliphatic heterocycles. The van der Waals surface area contributed by atoms with Gasteiger partial charge in [0.15, 0.2) is 17.1 Å². The van der Waals surface area contributed by atoms with E-state index in [4.69, 9.17) is 34.6 Å². The maximum atomic E-state index is 13.3. The lowest BCUT2D eigenvalue weighted by atomic mass is 10.2. The largest absolute Gasteiger partial charge is 0.493 e. The van der Waals surface area contributed by atoms with Gasteiger partial charge in [0.2, 0.25) is 5.75 Å². The fourth-order valence-corrected chi connectivity index (χ4v) is 4.39. The van der Waals surface area contributed by atoms with Crippen LogP contribution in [-0.2, 0) is 4.74 Å². The zero-order valence-electron chi connectivity index (χ0n) is 20.9. The van der Waals surface area contributed by atoms with Crippen molar-refractivity contribution in [2.24, 2.45) is 5.10 Å². The van der Waals surface area contributed by atoms with Crippen LogP contribution in [0.25, 0.3) is 22.2 Å². The number of nitrogen functional groups attached to an aromatic ring is 1. The van der Waals surface area contributed by atoms with Crippen LogP contribution in [0.1, 0.15) is 28.8 Å². The summed E-state index contributed by atoms with van der Waals surface area (Å²) >= 11 is 0. The summed E-state index contributed by atoms with van der Waals surface area (Å²) in [6, 6.07) is 10.9. The lowest BCUT2D eigenvalue weighted by molar-refractivity contribution is 0.0859. The van der Waals surface area contributed by atoms with Gasteiger partial charge in [0.25, 0.3) is 5.91 Å². The van der Waals surface area contributed by atoms with Gasteiger partial charge in [-0.2, -0.15) is 9.78 Å². The van der Waals surface area contributed by atoms with E-state index in [1.54, 1.807) is 18.3 Å². The van der Waals surface area contributed by atoms with Crippen molar-refractivity contribution in [1.82, 2.24) is 20.0 Å². The van der Waals surface area contributed by atoms with Crippen LogP contribution in [0, 0.1) is 0 Å². The summed E-state index contributed by atoms with van der Waals surface area (Å²) < 4.78 is 23.3. The van der Waals surface area contributed by atoms with Crippen LogP contribution in [0.3, 0.4) is 0 Å². The molecule has 0 bridgehead atoms. The van der Waals surface area contributed by atoms with E-state index in [2.05, 4.69) is 10.4 Å². The highest BCUT2D eigenvalue weighted by atomic mass is 16.5. The maximum absolute atomic E-state index is 13.3. The Bertz CT molecular complexity index is 1470. The van der Waals surface area contributed by atoms with Crippen LogP contribution >= 0.6 is 0 Å². The first-order chi connectivity index (χ1) is 18.0. The molecule has 0 saturated carbocycles. The van der Waals surface area contributed by atoms with Crippen molar-refractivity contribution in [2.75, 3.05) is 40.2 Å². The van der Waals surface area contributed by atoms with Gasteiger partial charge in [-0.3, -0.25) is 4.79 Å². The van der Waals surface area contributed by atoms with Crippen molar-refractivity contribution >= 4 is 40.1 Å². The molecule has 0 radical (unpaired) electrons. The molecule has 1 amide bonds. The van der Waals surface area contributed by atoms with E-state index in [9.17, 15) is 4.79 Å². The van der Waals surface area contributed by atoms with Gasteiger partial charge >= 0.3 is 0 Å². The number of rotatable bonds is 8. The molecule has 3 heterocycles. The second-order valence-electron chi connectivity index (χ2n) is 8.50. The highest BCUT2D eigenvalue weighted by Crippen LogP contribution is 2.38. The maximum Gasteiger partial charge on any atom is 0.257 e. The van der Waals surface area contributed by atoms with Crippen LogP contribution in [-0.4, -0.2) is 67.4 Å². The summed E-state index contributed by atoms with van der Waals surface area (Å²) in [4.78, 5) is 22.7. The van der Waals surface area contributed by atoms with Gasteiger partial charge in [0.1, 0.15) is 16.9 Å². The van der Waals surface area contributed by atoms with E-state index >= 15 is 0 Å². The first-order valence-electron chi connectivity index (χ1n) is 11.8. The number of methoxy groups -OCH3 is 3.